The Bertz CT molecular complexity index is 2050. The molecule has 0 unspecified atom stereocenters. The highest BCUT2D eigenvalue weighted by molar-refractivity contribution is 5.98. The summed E-state index contributed by atoms with van der Waals surface area (Å²) >= 11 is 0. The number of carbonyl (C=O) groups excluding carboxylic acids is 14. The number of amides is 14. The van der Waals surface area contributed by atoms with Crippen LogP contribution in [-0.4, -0.2) is 270 Å². The number of rotatable bonds is 36. The van der Waals surface area contributed by atoms with Gasteiger partial charge in [-0.15, -0.1) is 0 Å². The largest absolute Gasteiger partial charge is 0.480 e. The third-order valence-corrected chi connectivity index (χ3v) is 9.00. The van der Waals surface area contributed by atoms with Crippen molar-refractivity contribution in [3.63, 3.8) is 0 Å². The van der Waals surface area contributed by atoms with Gasteiger partial charge in [0.15, 0.2) is 0 Å². The summed E-state index contributed by atoms with van der Waals surface area (Å²) in [6, 6.07) is -12.3. The van der Waals surface area contributed by atoms with Gasteiger partial charge in [0.25, 0.3) is 0 Å². The van der Waals surface area contributed by atoms with Gasteiger partial charge >= 0.3 is 5.97 Å². The molecule has 38 heteroatoms. The summed E-state index contributed by atoms with van der Waals surface area (Å²) in [5.41, 5.74) is 5.09. The molecule has 422 valence electrons. The summed E-state index contributed by atoms with van der Waals surface area (Å²) in [6.45, 7) is -13.4. The van der Waals surface area contributed by atoms with Gasteiger partial charge in [0.05, 0.1) is 98.6 Å². The summed E-state index contributed by atoms with van der Waals surface area (Å²) in [6.07, 6.45) is 0. The Kier molecular flexibility index (Phi) is 32.6. The van der Waals surface area contributed by atoms with Gasteiger partial charge < -0.3 is 121 Å². The van der Waals surface area contributed by atoms with E-state index in [1.807, 2.05) is 53.2 Å². The normalized spacial score (nSPS) is 13.3. The summed E-state index contributed by atoms with van der Waals surface area (Å²) in [5, 5.41) is 104. The summed E-state index contributed by atoms with van der Waals surface area (Å²) < 4.78 is 0. The van der Waals surface area contributed by atoms with Crippen molar-refractivity contribution in [2.75, 3.05) is 98.6 Å². The molecule has 75 heavy (non-hydrogen) atoms. The minimum atomic E-state index is -1.91. The van der Waals surface area contributed by atoms with Crippen molar-refractivity contribution in [2.24, 2.45) is 5.73 Å². The van der Waals surface area contributed by atoms with E-state index < -0.39 is 230 Å². The number of aliphatic hydroxyl groups is 7. The fourth-order valence-corrected chi connectivity index (χ4v) is 5.02. The molecule has 0 fully saturated rings. The number of nitrogens with one attached hydrogen (secondary N) is 14. The van der Waals surface area contributed by atoms with E-state index in [1.165, 1.54) is 0 Å². The van der Waals surface area contributed by atoms with Crippen LogP contribution in [0.2, 0.25) is 0 Å². The molecule has 0 radical (unpaired) electrons. The lowest BCUT2D eigenvalue weighted by molar-refractivity contribution is -0.143. The van der Waals surface area contributed by atoms with E-state index in [0.717, 1.165) is 0 Å². The maximum Gasteiger partial charge on any atom is 0.328 e. The van der Waals surface area contributed by atoms with Crippen molar-refractivity contribution < 1.29 is 113 Å². The van der Waals surface area contributed by atoms with Crippen LogP contribution < -0.4 is 80.2 Å². The average Bonchev–Trinajstić information content (AvgIpc) is 3.39. The van der Waals surface area contributed by atoms with Crippen LogP contribution in [0.15, 0.2) is 0 Å². The number of hydrogen-bond acceptors (Lipinski definition) is 23. The van der Waals surface area contributed by atoms with Gasteiger partial charge in [0, 0.05) is 0 Å². The van der Waals surface area contributed by atoms with Gasteiger partial charge in [-0.25, -0.2) is 4.79 Å². The molecule has 0 saturated heterocycles. The molecule has 0 bridgehead atoms. The van der Waals surface area contributed by atoms with E-state index in [1.54, 1.807) is 0 Å². The molecule has 0 spiro atoms. The zero-order valence-corrected chi connectivity index (χ0v) is 39.4. The van der Waals surface area contributed by atoms with Crippen LogP contribution in [0.1, 0.15) is 0 Å². The standard InChI is InChI=1S/C37H61N15O23/c38-1-23(60)39-4-26(63)46-17(10-54)32(69)44-8-30(67)49-20(13-57)35(72)52-21(14-58)36(73)51-19(12-56)34(71)45-7-29(66)48-18(11-55)33(70)43-6-28(65)47-16(9-53)31(68)42-3-25(62)40-2-24(61)41-5-27(64)50-22(15-59)37(74)75/h16-22,53-59H,1-15,38H2,(H,39,60)(H,40,62)(H,41,61)(H,42,68)(H,43,70)(H,44,69)(H,45,71)(H,46,63)(H,47,65)(H,48,66)(H,49,67)(H,50,64)(H,51,73)(H,52,72)(H,74,75)/t16-,17-,18-,19-,20-,21-,22-/m0/s1. The van der Waals surface area contributed by atoms with E-state index >= 15 is 0 Å². The van der Waals surface area contributed by atoms with Crippen LogP contribution in [0.4, 0.5) is 0 Å². The number of aliphatic carboxylic acids is 1. The van der Waals surface area contributed by atoms with Gasteiger partial charge in [-0.05, 0) is 0 Å². The Morgan fingerprint density at radius 2 is 0.467 bits per heavy atom. The van der Waals surface area contributed by atoms with Gasteiger partial charge in [-0.3, -0.25) is 67.1 Å². The summed E-state index contributed by atoms with van der Waals surface area (Å²) in [7, 11) is 0. The lowest BCUT2D eigenvalue weighted by atomic mass is 10.2. The Morgan fingerprint density at radius 1 is 0.267 bits per heavy atom. The zero-order valence-electron chi connectivity index (χ0n) is 39.4. The molecule has 0 rings (SSSR count). The number of carbonyl (C=O) groups is 15. The molecule has 7 atom stereocenters. The fraction of sp³-hybridized carbons (Fsp3) is 0.595. The Balaban J connectivity index is 4.98. The Hall–Kier alpha value is -8.27. The first kappa shape index (κ1) is 66.7. The number of carboxylic acids is 1. The number of aliphatic hydroxyl groups excluding tert-OH is 7. The van der Waals surface area contributed by atoms with E-state index in [9.17, 15) is 103 Å². The Morgan fingerprint density at radius 3 is 0.733 bits per heavy atom. The third kappa shape index (κ3) is 27.4. The van der Waals surface area contributed by atoms with Crippen molar-refractivity contribution >= 4 is 88.7 Å². The van der Waals surface area contributed by atoms with E-state index in [0.29, 0.717) is 0 Å². The molecule has 0 aliphatic heterocycles. The second-order valence-corrected chi connectivity index (χ2v) is 14.7. The summed E-state index contributed by atoms with van der Waals surface area (Å²) in [4.78, 5) is 182. The lowest BCUT2D eigenvalue weighted by Crippen LogP contribution is -2.60. The first-order valence-electron chi connectivity index (χ1n) is 21.6. The third-order valence-electron chi connectivity index (χ3n) is 9.00. The highest BCUT2D eigenvalue weighted by Gasteiger charge is 2.31. The van der Waals surface area contributed by atoms with Gasteiger partial charge in [0.2, 0.25) is 82.7 Å². The molecule has 38 nitrogen and oxygen atoms in total. The lowest BCUT2D eigenvalue weighted by Gasteiger charge is -2.23. The van der Waals surface area contributed by atoms with E-state index in [2.05, 4.69) is 21.3 Å². The molecule has 14 amide bonds. The Labute approximate surface area is 422 Å². The van der Waals surface area contributed by atoms with Crippen LogP contribution in [0.5, 0.6) is 0 Å². The van der Waals surface area contributed by atoms with Crippen LogP contribution in [0.3, 0.4) is 0 Å². The van der Waals surface area contributed by atoms with Gasteiger partial charge in [-0.2, -0.15) is 0 Å². The molecular weight excluding hydrogens is 1020 g/mol. The van der Waals surface area contributed by atoms with Crippen LogP contribution in [0, 0.1) is 0 Å². The minimum absolute atomic E-state index is 0.430. The number of carboxylic acid groups (broad SMARTS) is 1. The monoisotopic (exact) mass is 1080 g/mol. The van der Waals surface area contributed by atoms with Crippen molar-refractivity contribution in [1.82, 2.24) is 74.4 Å². The topological polar surface area (TPSA) is 612 Å². The van der Waals surface area contributed by atoms with E-state index in [-0.39, 0.29) is 0 Å². The number of nitrogens with two attached hydrogens (primary N) is 1. The molecule has 0 aromatic carbocycles. The highest BCUT2D eigenvalue weighted by atomic mass is 16.4. The first-order valence-corrected chi connectivity index (χ1v) is 21.6. The molecule has 0 aromatic heterocycles. The van der Waals surface area contributed by atoms with Crippen molar-refractivity contribution in [2.45, 2.75) is 42.3 Å². The van der Waals surface area contributed by atoms with Crippen molar-refractivity contribution in [1.29, 1.82) is 0 Å². The van der Waals surface area contributed by atoms with Crippen molar-refractivity contribution in [3.8, 4) is 0 Å². The van der Waals surface area contributed by atoms with E-state index in [4.69, 9.17) is 15.9 Å². The minimum Gasteiger partial charge on any atom is -0.480 e. The quantitative estimate of drug-likeness (QED) is 0.0277. The van der Waals surface area contributed by atoms with Crippen molar-refractivity contribution in [3.05, 3.63) is 0 Å². The van der Waals surface area contributed by atoms with Gasteiger partial charge in [0.1, 0.15) is 42.3 Å². The van der Waals surface area contributed by atoms with Crippen LogP contribution >= 0.6 is 0 Å². The highest BCUT2D eigenvalue weighted by Crippen LogP contribution is 1.94. The van der Waals surface area contributed by atoms with Crippen LogP contribution in [0.25, 0.3) is 0 Å². The molecule has 0 heterocycles. The molecule has 0 aromatic rings. The predicted molar refractivity (Wildman–Crippen MR) is 241 cm³/mol. The predicted octanol–water partition coefficient (Wildman–Crippen LogP) is -17.8. The molecule has 0 aliphatic carbocycles. The van der Waals surface area contributed by atoms with Gasteiger partial charge in [-0.1, -0.05) is 0 Å². The molecule has 0 aliphatic rings. The number of hydrogen-bond donors (Lipinski definition) is 23. The SMILES string of the molecule is NCC(=O)NCC(=O)N[C@@H](CO)C(=O)NCC(=O)N[C@@H](CO)C(=O)N[C@@H](CO)C(=O)N[C@@H](CO)C(=O)NCC(=O)N[C@@H](CO)C(=O)NCC(=O)N[C@@H](CO)C(=O)NCC(=O)NCC(=O)NCC(=O)N[C@@H](CO)C(=O)O. The zero-order chi connectivity index (χ0) is 57.2. The molecule has 24 N–H and O–H groups in total. The molecular formula is C37H61N15O23. The maximum atomic E-state index is 12.8. The fourth-order valence-electron chi connectivity index (χ4n) is 5.02. The maximum absolute atomic E-state index is 12.8. The smallest absolute Gasteiger partial charge is 0.328 e. The van der Waals surface area contributed by atoms with Crippen LogP contribution in [-0.2, 0) is 71.9 Å². The summed E-state index contributed by atoms with van der Waals surface area (Å²) in [5.74, 6) is -16.6. The second-order valence-electron chi connectivity index (χ2n) is 14.7. The first-order chi connectivity index (χ1) is 35.4. The molecule has 0 saturated carbocycles. The average molecular weight is 1080 g/mol. The second kappa shape index (κ2) is 36.6.